The molecule has 5 nitrogen and oxygen atoms in total. The minimum absolute atomic E-state index is 0.354. The molecule has 1 N–H and O–H groups in total. The number of rotatable bonds is 3. The van der Waals surface area contributed by atoms with Crippen LogP contribution >= 0.6 is 11.6 Å². The fourth-order valence-electron chi connectivity index (χ4n) is 1.73. The van der Waals surface area contributed by atoms with Gasteiger partial charge in [0.2, 0.25) is 0 Å². The summed E-state index contributed by atoms with van der Waals surface area (Å²) in [6.07, 6.45) is 0.784. The highest BCUT2D eigenvalue weighted by Gasteiger charge is 2.20. The molecular weight excluding hydrogens is 297 g/mol. The predicted octanol–water partition coefficient (Wildman–Crippen LogP) is 3.65. The Balaban J connectivity index is 2.21. The first-order valence-corrected chi connectivity index (χ1v) is 6.64. The highest BCUT2D eigenvalue weighted by atomic mass is 35.5. The van der Waals surface area contributed by atoms with Crippen molar-refractivity contribution in [3.63, 3.8) is 0 Å². The second-order valence-corrected chi connectivity index (χ2v) is 5.80. The molecule has 0 aliphatic carbocycles. The molecule has 0 unspecified atom stereocenters. The van der Waals surface area contributed by atoms with Gasteiger partial charge in [0.05, 0.1) is 11.9 Å². The molecular formula is C14H15ClFN3O2. The van der Waals surface area contributed by atoms with Crippen molar-refractivity contribution in [2.24, 2.45) is 0 Å². The molecule has 2 aromatic rings. The van der Waals surface area contributed by atoms with Gasteiger partial charge < -0.3 is 4.74 Å². The van der Waals surface area contributed by atoms with Crippen LogP contribution in [0.3, 0.4) is 0 Å². The van der Waals surface area contributed by atoms with Crippen LogP contribution in [-0.2, 0) is 4.74 Å². The van der Waals surface area contributed by atoms with Gasteiger partial charge in [-0.15, -0.1) is 0 Å². The number of aromatic nitrogens is 2. The first kappa shape index (κ1) is 15.3. The summed E-state index contributed by atoms with van der Waals surface area (Å²) in [4.78, 5) is 15.9. The lowest BCUT2D eigenvalue weighted by atomic mass is 10.1. The van der Waals surface area contributed by atoms with Crippen LogP contribution in [0.5, 0.6) is 0 Å². The molecule has 1 aromatic carbocycles. The van der Waals surface area contributed by atoms with Gasteiger partial charge in [0, 0.05) is 5.56 Å². The number of carbonyl (C=O) groups excluding carboxylic acids is 1. The predicted molar refractivity (Wildman–Crippen MR) is 78.1 cm³/mol. The van der Waals surface area contributed by atoms with Crippen LogP contribution in [-0.4, -0.2) is 20.8 Å². The topological polar surface area (TPSA) is 56.2 Å². The highest BCUT2D eigenvalue weighted by Crippen LogP contribution is 2.21. The Kier molecular flexibility index (Phi) is 4.18. The zero-order valence-corrected chi connectivity index (χ0v) is 12.6. The Morgan fingerprint density at radius 1 is 1.43 bits per heavy atom. The average Bonchev–Trinajstić information content (AvgIpc) is 2.68. The molecule has 1 heterocycles. The van der Waals surface area contributed by atoms with Gasteiger partial charge in [-0.3, -0.25) is 0 Å². The van der Waals surface area contributed by atoms with E-state index in [9.17, 15) is 9.18 Å². The lowest BCUT2D eigenvalue weighted by molar-refractivity contribution is 0.103. The molecule has 1 aromatic heterocycles. The zero-order valence-electron chi connectivity index (χ0n) is 11.9. The number of ether oxygens (including phenoxy) is 1. The maximum absolute atomic E-state index is 13.7. The summed E-state index contributed by atoms with van der Waals surface area (Å²) in [6.45, 7) is 4.76. The summed E-state index contributed by atoms with van der Waals surface area (Å²) in [7, 11) is 0. The molecule has 0 saturated carbocycles. The third kappa shape index (κ3) is 3.95. The fourth-order valence-corrected chi connectivity index (χ4v) is 1.80. The molecule has 0 spiro atoms. The highest BCUT2D eigenvalue weighted by molar-refractivity contribution is 6.22. The van der Waals surface area contributed by atoms with Crippen LogP contribution in [0, 0.1) is 12.7 Å². The normalized spacial score (nSPS) is 11.3. The van der Waals surface area contributed by atoms with Crippen LogP contribution < -0.4 is 5.43 Å². The van der Waals surface area contributed by atoms with E-state index < -0.39 is 11.2 Å². The number of aryl methyl sites for hydroxylation is 1. The van der Waals surface area contributed by atoms with E-state index in [0.29, 0.717) is 17.1 Å². The minimum atomic E-state index is -1.12. The second-order valence-electron chi connectivity index (χ2n) is 4.89. The molecule has 0 radical (unpaired) electrons. The fraction of sp³-hybridized carbons (Fsp3) is 0.286. The Hall–Kier alpha value is -2.08. The summed E-state index contributed by atoms with van der Waals surface area (Å²) >= 11 is 5.80. The van der Waals surface area contributed by atoms with E-state index in [1.807, 2.05) is 0 Å². The SMILES string of the molecule is Cc1nc(-c2ccccc2F)cn1NC(=O)OC(C)(C)Cl. The molecule has 7 heteroatoms. The number of nitrogens with one attached hydrogen (secondary N) is 1. The van der Waals surface area contributed by atoms with Gasteiger partial charge in [0.15, 0.2) is 5.06 Å². The van der Waals surface area contributed by atoms with Gasteiger partial charge in [-0.05, 0) is 32.9 Å². The summed E-state index contributed by atoms with van der Waals surface area (Å²) in [5.41, 5.74) is 3.23. The van der Waals surface area contributed by atoms with Crippen LogP contribution in [0.25, 0.3) is 11.3 Å². The van der Waals surface area contributed by atoms with Gasteiger partial charge in [-0.25, -0.2) is 24.3 Å². The number of imidazole rings is 1. The molecule has 0 aliphatic rings. The van der Waals surface area contributed by atoms with Crippen LogP contribution in [0.15, 0.2) is 30.5 Å². The number of hydrogen-bond acceptors (Lipinski definition) is 3. The number of nitrogens with zero attached hydrogens (tertiary/aromatic N) is 2. The van der Waals surface area contributed by atoms with E-state index in [4.69, 9.17) is 16.3 Å². The molecule has 0 saturated heterocycles. The van der Waals surface area contributed by atoms with Crippen molar-refractivity contribution in [3.05, 3.63) is 42.1 Å². The zero-order chi connectivity index (χ0) is 15.6. The lowest BCUT2D eigenvalue weighted by Crippen LogP contribution is -2.30. The molecule has 21 heavy (non-hydrogen) atoms. The van der Waals surface area contributed by atoms with Crippen molar-refractivity contribution < 1.29 is 13.9 Å². The Morgan fingerprint density at radius 2 is 2.10 bits per heavy atom. The van der Waals surface area contributed by atoms with Gasteiger partial charge in [-0.1, -0.05) is 23.7 Å². The standard InChI is InChI=1S/C14H15ClFN3O2/c1-9-17-12(10-6-4-5-7-11(10)16)8-19(9)18-13(20)21-14(2,3)15/h4-8H,1-3H3,(H,18,20). The Bertz CT molecular complexity index is 664. The van der Waals surface area contributed by atoms with E-state index in [1.165, 1.54) is 16.9 Å². The maximum Gasteiger partial charge on any atom is 0.428 e. The van der Waals surface area contributed by atoms with Crippen molar-refractivity contribution in [1.82, 2.24) is 9.66 Å². The van der Waals surface area contributed by atoms with Crippen molar-refractivity contribution in [2.45, 2.75) is 25.8 Å². The first-order valence-electron chi connectivity index (χ1n) is 6.26. The quantitative estimate of drug-likeness (QED) is 0.880. The number of amides is 1. The van der Waals surface area contributed by atoms with E-state index >= 15 is 0 Å². The summed E-state index contributed by atoms with van der Waals surface area (Å²) in [6, 6.07) is 6.27. The largest absolute Gasteiger partial charge is 0.428 e. The van der Waals surface area contributed by atoms with Gasteiger partial charge in [-0.2, -0.15) is 0 Å². The number of alkyl halides is 1. The van der Waals surface area contributed by atoms with Crippen LogP contribution in [0.2, 0.25) is 0 Å². The summed E-state index contributed by atoms with van der Waals surface area (Å²) in [5.74, 6) is 0.101. The third-order valence-electron chi connectivity index (χ3n) is 2.58. The molecule has 0 bridgehead atoms. The summed E-state index contributed by atoms with van der Waals surface area (Å²) in [5, 5.41) is -1.12. The number of halogens is 2. The average molecular weight is 312 g/mol. The Labute approximate surface area is 126 Å². The van der Waals surface area contributed by atoms with E-state index in [-0.39, 0.29) is 5.82 Å². The minimum Gasteiger partial charge on any atom is -0.426 e. The first-order chi connectivity index (χ1) is 9.76. The van der Waals surface area contributed by atoms with E-state index in [0.717, 1.165) is 0 Å². The van der Waals surface area contributed by atoms with Crippen molar-refractivity contribution in [1.29, 1.82) is 0 Å². The lowest BCUT2D eigenvalue weighted by Gasteiger charge is -2.17. The van der Waals surface area contributed by atoms with Crippen molar-refractivity contribution >= 4 is 17.7 Å². The monoisotopic (exact) mass is 311 g/mol. The third-order valence-corrected chi connectivity index (χ3v) is 2.66. The van der Waals surface area contributed by atoms with Gasteiger partial charge in [0.25, 0.3) is 0 Å². The molecule has 112 valence electrons. The van der Waals surface area contributed by atoms with Crippen LogP contribution in [0.4, 0.5) is 9.18 Å². The molecule has 0 atom stereocenters. The van der Waals surface area contributed by atoms with Crippen molar-refractivity contribution in [2.75, 3.05) is 5.43 Å². The molecule has 1 amide bonds. The Morgan fingerprint density at radius 3 is 2.71 bits per heavy atom. The number of hydrogen-bond donors (Lipinski definition) is 1. The number of carbonyl (C=O) groups is 1. The van der Waals surface area contributed by atoms with Crippen molar-refractivity contribution in [3.8, 4) is 11.3 Å². The molecule has 0 aliphatic heterocycles. The van der Waals surface area contributed by atoms with Gasteiger partial charge >= 0.3 is 6.09 Å². The molecule has 0 fully saturated rings. The van der Waals surface area contributed by atoms with E-state index in [2.05, 4.69) is 10.4 Å². The van der Waals surface area contributed by atoms with Crippen LogP contribution in [0.1, 0.15) is 19.7 Å². The number of benzene rings is 1. The second kappa shape index (κ2) is 5.73. The smallest absolute Gasteiger partial charge is 0.426 e. The maximum atomic E-state index is 13.7. The molecule has 2 rings (SSSR count). The van der Waals surface area contributed by atoms with Gasteiger partial charge in [0.1, 0.15) is 11.6 Å². The summed E-state index contributed by atoms with van der Waals surface area (Å²) < 4.78 is 20.0. The van der Waals surface area contributed by atoms with E-state index in [1.54, 1.807) is 39.0 Å².